The minimum Gasteiger partial charge on any atom is -0.466 e. The molecule has 1 atom stereocenters. The van der Waals surface area contributed by atoms with Gasteiger partial charge in [-0.2, -0.15) is 0 Å². The van der Waals surface area contributed by atoms with Crippen LogP contribution in [0.3, 0.4) is 0 Å². The third kappa shape index (κ3) is 4.49. The molecule has 2 amide bonds. The SMILES string of the molecule is CCOC(=O)Cc1ccc(NC(=O)N2CCc3c([nH]c4ccccc34)[C@@H]2c2ccccc2F)cc1. The number of rotatable bonds is 5. The fourth-order valence-corrected chi connectivity index (χ4v) is 4.76. The Bertz CT molecular complexity index is 1380. The van der Waals surface area contributed by atoms with Crippen LogP contribution >= 0.6 is 0 Å². The number of aromatic nitrogens is 1. The molecule has 0 spiro atoms. The lowest BCUT2D eigenvalue weighted by Crippen LogP contribution is -2.43. The van der Waals surface area contributed by atoms with E-state index in [1.165, 1.54) is 6.07 Å². The van der Waals surface area contributed by atoms with Gasteiger partial charge in [0.15, 0.2) is 0 Å². The smallest absolute Gasteiger partial charge is 0.322 e. The Morgan fingerprint density at radius 1 is 1.06 bits per heavy atom. The number of halogens is 1. The fourth-order valence-electron chi connectivity index (χ4n) is 4.76. The first-order chi connectivity index (χ1) is 17.0. The van der Waals surface area contributed by atoms with Gasteiger partial charge >= 0.3 is 12.0 Å². The Labute approximate surface area is 202 Å². The Morgan fingerprint density at radius 2 is 1.80 bits per heavy atom. The van der Waals surface area contributed by atoms with E-state index in [-0.39, 0.29) is 24.2 Å². The van der Waals surface area contributed by atoms with E-state index in [2.05, 4.69) is 16.4 Å². The van der Waals surface area contributed by atoms with Crippen molar-refractivity contribution >= 4 is 28.6 Å². The predicted molar refractivity (Wildman–Crippen MR) is 133 cm³/mol. The molecule has 178 valence electrons. The molecule has 5 rings (SSSR count). The number of anilines is 1. The summed E-state index contributed by atoms with van der Waals surface area (Å²) in [5.41, 5.74) is 4.76. The van der Waals surface area contributed by atoms with Crippen LogP contribution in [0.15, 0.2) is 72.8 Å². The predicted octanol–water partition coefficient (Wildman–Crippen LogP) is 5.59. The molecule has 1 aliphatic rings. The van der Waals surface area contributed by atoms with Crippen molar-refractivity contribution < 1.29 is 18.7 Å². The minimum atomic E-state index is -0.588. The second kappa shape index (κ2) is 9.62. The number of ether oxygens (including phenoxy) is 1. The number of amides is 2. The summed E-state index contributed by atoms with van der Waals surface area (Å²) in [5, 5.41) is 4.03. The van der Waals surface area contributed by atoms with Crippen LogP contribution in [-0.2, 0) is 22.4 Å². The van der Waals surface area contributed by atoms with Gasteiger partial charge in [-0.3, -0.25) is 4.79 Å². The molecule has 2 N–H and O–H groups in total. The first-order valence-corrected chi connectivity index (χ1v) is 11.7. The van der Waals surface area contributed by atoms with E-state index in [0.29, 0.717) is 30.8 Å². The highest BCUT2D eigenvalue weighted by Crippen LogP contribution is 2.39. The third-order valence-electron chi connectivity index (χ3n) is 6.35. The van der Waals surface area contributed by atoms with Crippen LogP contribution < -0.4 is 5.32 Å². The molecular weight excluding hydrogens is 445 g/mol. The number of fused-ring (bicyclic) bond motifs is 3. The Hall–Kier alpha value is -4.13. The molecule has 35 heavy (non-hydrogen) atoms. The minimum absolute atomic E-state index is 0.173. The number of urea groups is 1. The summed E-state index contributed by atoms with van der Waals surface area (Å²) in [7, 11) is 0. The van der Waals surface area contributed by atoms with Crippen molar-refractivity contribution in [2.24, 2.45) is 0 Å². The van der Waals surface area contributed by atoms with Gasteiger partial charge in [-0.05, 0) is 48.7 Å². The highest BCUT2D eigenvalue weighted by molar-refractivity contribution is 5.91. The Balaban J connectivity index is 1.44. The number of hydrogen-bond donors (Lipinski definition) is 2. The van der Waals surface area contributed by atoms with Crippen LogP contribution in [0.1, 0.15) is 35.3 Å². The second-order valence-corrected chi connectivity index (χ2v) is 8.54. The van der Waals surface area contributed by atoms with E-state index >= 15 is 0 Å². The maximum atomic E-state index is 15.0. The number of para-hydroxylation sites is 1. The van der Waals surface area contributed by atoms with E-state index in [1.54, 1.807) is 54.3 Å². The van der Waals surface area contributed by atoms with Gasteiger partial charge in [-0.25, -0.2) is 9.18 Å². The van der Waals surface area contributed by atoms with Crippen LogP contribution in [0, 0.1) is 5.82 Å². The summed E-state index contributed by atoms with van der Waals surface area (Å²) >= 11 is 0. The van der Waals surface area contributed by atoms with Gasteiger partial charge in [-0.15, -0.1) is 0 Å². The molecular formula is C28H26FN3O3. The first-order valence-electron chi connectivity index (χ1n) is 11.7. The molecule has 1 aromatic heterocycles. The van der Waals surface area contributed by atoms with Crippen molar-refractivity contribution in [3.05, 3.63) is 101 Å². The van der Waals surface area contributed by atoms with Crippen LogP contribution in [0.5, 0.6) is 0 Å². The molecule has 0 unspecified atom stereocenters. The van der Waals surface area contributed by atoms with Crippen LogP contribution in [-0.4, -0.2) is 35.0 Å². The van der Waals surface area contributed by atoms with E-state index < -0.39 is 6.04 Å². The molecule has 0 saturated heterocycles. The quantitative estimate of drug-likeness (QED) is 0.373. The fraction of sp³-hybridized carbons (Fsp3) is 0.214. The molecule has 4 aromatic rings. The number of aromatic amines is 1. The molecule has 3 aromatic carbocycles. The zero-order chi connectivity index (χ0) is 24.4. The summed E-state index contributed by atoms with van der Waals surface area (Å²) in [6, 6.07) is 20.7. The molecule has 7 heteroatoms. The monoisotopic (exact) mass is 471 g/mol. The Kier molecular flexibility index (Phi) is 6.23. The van der Waals surface area contributed by atoms with E-state index in [9.17, 15) is 14.0 Å². The normalized spacial score (nSPS) is 15.0. The van der Waals surface area contributed by atoms with Crippen molar-refractivity contribution in [3.63, 3.8) is 0 Å². The lowest BCUT2D eigenvalue weighted by Gasteiger charge is -2.36. The molecule has 0 radical (unpaired) electrons. The van der Waals surface area contributed by atoms with Crippen molar-refractivity contribution in [2.45, 2.75) is 25.8 Å². The number of esters is 1. The maximum Gasteiger partial charge on any atom is 0.322 e. The third-order valence-corrected chi connectivity index (χ3v) is 6.35. The maximum absolute atomic E-state index is 15.0. The molecule has 6 nitrogen and oxygen atoms in total. The van der Waals surface area contributed by atoms with Crippen LogP contribution in [0.4, 0.5) is 14.9 Å². The number of H-pyrrole nitrogens is 1. The summed E-state index contributed by atoms with van der Waals surface area (Å²) in [5.74, 6) is -0.649. The first kappa shape index (κ1) is 22.7. The number of nitrogens with zero attached hydrogens (tertiary/aromatic N) is 1. The molecule has 0 fully saturated rings. The molecule has 0 saturated carbocycles. The average molecular weight is 472 g/mol. The molecule has 0 bridgehead atoms. The summed E-state index contributed by atoms with van der Waals surface area (Å²) in [6.07, 6.45) is 0.836. The standard InChI is InChI=1S/C28H26FN3O3/c1-2-35-25(33)17-18-11-13-19(14-12-18)30-28(34)32-16-15-21-20-7-4-6-10-24(20)31-26(21)27(32)22-8-3-5-9-23(22)29/h3-14,27,31H,2,15-17H2,1H3,(H,30,34)/t27-/m0/s1. The molecule has 2 heterocycles. The molecule has 1 aliphatic heterocycles. The van der Waals surface area contributed by atoms with Gasteiger partial charge < -0.3 is 19.9 Å². The average Bonchev–Trinajstić information content (AvgIpc) is 3.24. The van der Waals surface area contributed by atoms with Gasteiger partial charge in [0.2, 0.25) is 0 Å². The zero-order valence-corrected chi connectivity index (χ0v) is 19.4. The largest absolute Gasteiger partial charge is 0.466 e. The highest BCUT2D eigenvalue weighted by atomic mass is 19.1. The van der Waals surface area contributed by atoms with Crippen molar-refractivity contribution in [3.8, 4) is 0 Å². The number of nitrogens with one attached hydrogen (secondary N) is 2. The molecule has 0 aliphatic carbocycles. The van der Waals surface area contributed by atoms with E-state index in [0.717, 1.165) is 27.7 Å². The van der Waals surface area contributed by atoms with E-state index in [4.69, 9.17) is 4.74 Å². The summed E-state index contributed by atoms with van der Waals surface area (Å²) < 4.78 is 20.0. The number of hydrogen-bond acceptors (Lipinski definition) is 3. The zero-order valence-electron chi connectivity index (χ0n) is 19.4. The van der Waals surface area contributed by atoms with Gasteiger partial charge in [0.1, 0.15) is 11.9 Å². The number of benzene rings is 3. The van der Waals surface area contributed by atoms with Gasteiger partial charge in [0.25, 0.3) is 0 Å². The topological polar surface area (TPSA) is 74.4 Å². The van der Waals surface area contributed by atoms with Crippen molar-refractivity contribution in [2.75, 3.05) is 18.5 Å². The lowest BCUT2D eigenvalue weighted by molar-refractivity contribution is -0.142. The van der Waals surface area contributed by atoms with Crippen LogP contribution in [0.25, 0.3) is 10.9 Å². The van der Waals surface area contributed by atoms with Crippen LogP contribution in [0.2, 0.25) is 0 Å². The van der Waals surface area contributed by atoms with Gasteiger partial charge in [0.05, 0.1) is 13.0 Å². The lowest BCUT2D eigenvalue weighted by atomic mass is 9.92. The van der Waals surface area contributed by atoms with Gasteiger partial charge in [0, 0.05) is 34.4 Å². The second-order valence-electron chi connectivity index (χ2n) is 8.54. The Morgan fingerprint density at radius 3 is 2.57 bits per heavy atom. The summed E-state index contributed by atoms with van der Waals surface area (Å²) in [4.78, 5) is 30.3. The summed E-state index contributed by atoms with van der Waals surface area (Å²) in [6.45, 7) is 2.55. The van der Waals surface area contributed by atoms with Crippen molar-refractivity contribution in [1.29, 1.82) is 0 Å². The van der Waals surface area contributed by atoms with Gasteiger partial charge in [-0.1, -0.05) is 48.5 Å². The van der Waals surface area contributed by atoms with E-state index in [1.807, 2.05) is 18.2 Å². The highest BCUT2D eigenvalue weighted by Gasteiger charge is 2.36. The number of carbonyl (C=O) groups is 2. The number of carbonyl (C=O) groups excluding carboxylic acids is 2. The van der Waals surface area contributed by atoms with Crippen molar-refractivity contribution in [1.82, 2.24) is 9.88 Å².